The second-order valence-corrected chi connectivity index (χ2v) is 2.81. The molecule has 4 heteroatoms. The maximum atomic E-state index is 11.6. The van der Waals surface area contributed by atoms with Gasteiger partial charge in [0, 0.05) is 6.54 Å². The maximum Gasteiger partial charge on any atom is 0.345 e. The zero-order valence-corrected chi connectivity index (χ0v) is 7.96. The Labute approximate surface area is 77.9 Å². The monoisotopic (exact) mass is 191 g/mol. The van der Waals surface area contributed by atoms with Crippen LogP contribution >= 0.6 is 0 Å². The molecule has 0 aromatic heterocycles. The van der Waals surface area contributed by atoms with Gasteiger partial charge in [0.15, 0.2) is 0 Å². The van der Waals surface area contributed by atoms with Gasteiger partial charge in [-0.1, -0.05) is 12.8 Å². The first-order valence-corrected chi connectivity index (χ1v) is 4.14. The van der Waals surface area contributed by atoms with E-state index in [-0.39, 0.29) is 12.5 Å². The molecule has 0 aromatic rings. The van der Waals surface area contributed by atoms with Gasteiger partial charge in [0.1, 0.15) is 0 Å². The zero-order chi connectivity index (χ0) is 10.3. The average molecular weight is 191 g/mol. The summed E-state index contributed by atoms with van der Waals surface area (Å²) in [6.45, 7) is 0.579. The molecule has 0 bridgehead atoms. The van der Waals surface area contributed by atoms with E-state index in [4.69, 9.17) is 6.42 Å². The number of nitrogens with zero attached hydrogens (tertiary/aromatic N) is 1. The Hall–Kier alpha value is -0.660. The Balaban J connectivity index is 3.71. The van der Waals surface area contributed by atoms with Crippen molar-refractivity contribution in [1.29, 1.82) is 0 Å². The number of halogens is 2. The Bertz CT molecular complexity index is 167. The van der Waals surface area contributed by atoms with Crippen molar-refractivity contribution in [1.82, 2.24) is 4.90 Å². The molecule has 0 aliphatic heterocycles. The summed E-state index contributed by atoms with van der Waals surface area (Å²) < 4.78 is 27.4. The SMILES string of the molecule is C#CC(COC(F)F)CN(C)CC. The van der Waals surface area contributed by atoms with Crippen molar-refractivity contribution in [2.45, 2.75) is 13.5 Å². The first-order chi connectivity index (χ1) is 6.10. The summed E-state index contributed by atoms with van der Waals surface area (Å²) in [4.78, 5) is 1.96. The van der Waals surface area contributed by atoms with Gasteiger partial charge in [0.2, 0.25) is 0 Å². The summed E-state index contributed by atoms with van der Waals surface area (Å²) >= 11 is 0. The highest BCUT2D eigenvalue weighted by Crippen LogP contribution is 2.02. The lowest BCUT2D eigenvalue weighted by Crippen LogP contribution is -2.27. The second kappa shape index (κ2) is 6.81. The highest BCUT2D eigenvalue weighted by molar-refractivity contribution is 4.94. The van der Waals surface area contributed by atoms with Gasteiger partial charge in [0.05, 0.1) is 12.5 Å². The van der Waals surface area contributed by atoms with Gasteiger partial charge in [-0.2, -0.15) is 8.78 Å². The van der Waals surface area contributed by atoms with Crippen LogP contribution in [0.2, 0.25) is 0 Å². The van der Waals surface area contributed by atoms with Crippen molar-refractivity contribution in [2.75, 3.05) is 26.7 Å². The van der Waals surface area contributed by atoms with Crippen molar-refractivity contribution in [3.63, 3.8) is 0 Å². The zero-order valence-electron chi connectivity index (χ0n) is 7.96. The lowest BCUT2D eigenvalue weighted by atomic mass is 10.1. The summed E-state index contributed by atoms with van der Waals surface area (Å²) in [6, 6.07) is 0. The van der Waals surface area contributed by atoms with Crippen molar-refractivity contribution in [3.8, 4) is 12.3 Å². The Morgan fingerprint density at radius 2 is 2.15 bits per heavy atom. The fraction of sp³-hybridized carbons (Fsp3) is 0.778. The van der Waals surface area contributed by atoms with Crippen LogP contribution < -0.4 is 0 Å². The summed E-state index contributed by atoms with van der Waals surface area (Å²) in [5.74, 6) is 2.16. The number of hydrogen-bond donors (Lipinski definition) is 0. The molecule has 0 rings (SSSR count). The van der Waals surface area contributed by atoms with Gasteiger partial charge in [-0.15, -0.1) is 6.42 Å². The van der Waals surface area contributed by atoms with E-state index in [1.165, 1.54) is 0 Å². The van der Waals surface area contributed by atoms with E-state index in [1.807, 2.05) is 18.9 Å². The fourth-order valence-corrected chi connectivity index (χ4v) is 0.848. The van der Waals surface area contributed by atoms with E-state index in [0.717, 1.165) is 6.54 Å². The van der Waals surface area contributed by atoms with Crippen LogP contribution in [0.5, 0.6) is 0 Å². The molecule has 0 radical (unpaired) electrons. The van der Waals surface area contributed by atoms with Gasteiger partial charge >= 0.3 is 6.61 Å². The van der Waals surface area contributed by atoms with Gasteiger partial charge in [-0.25, -0.2) is 0 Å². The van der Waals surface area contributed by atoms with E-state index in [9.17, 15) is 8.78 Å². The molecule has 2 nitrogen and oxygen atoms in total. The van der Waals surface area contributed by atoms with E-state index in [0.29, 0.717) is 6.54 Å². The highest BCUT2D eigenvalue weighted by Gasteiger charge is 2.11. The molecule has 0 heterocycles. The molecule has 0 saturated carbocycles. The number of hydrogen-bond acceptors (Lipinski definition) is 2. The van der Waals surface area contributed by atoms with Crippen LogP contribution in [-0.4, -0.2) is 38.3 Å². The van der Waals surface area contributed by atoms with Crippen LogP contribution in [0.25, 0.3) is 0 Å². The van der Waals surface area contributed by atoms with Crippen molar-refractivity contribution < 1.29 is 13.5 Å². The summed E-state index contributed by atoms with van der Waals surface area (Å²) in [6.07, 6.45) is 5.16. The molecule has 0 aliphatic rings. The quantitative estimate of drug-likeness (QED) is 0.589. The summed E-state index contributed by atoms with van der Waals surface area (Å²) in [5, 5.41) is 0. The standard InChI is InChI=1S/C9H15F2NO/c1-4-8(6-12(3)5-2)7-13-9(10)11/h1,8-9H,5-7H2,2-3H3. The largest absolute Gasteiger partial charge is 0.345 e. The van der Waals surface area contributed by atoms with Crippen molar-refractivity contribution in [2.24, 2.45) is 5.92 Å². The van der Waals surface area contributed by atoms with E-state index in [2.05, 4.69) is 10.7 Å². The molecule has 1 atom stereocenters. The minimum Gasteiger partial charge on any atom is -0.322 e. The Kier molecular flexibility index (Phi) is 6.47. The second-order valence-electron chi connectivity index (χ2n) is 2.81. The van der Waals surface area contributed by atoms with Crippen LogP contribution in [0.15, 0.2) is 0 Å². The number of terminal acetylenes is 1. The molecule has 0 spiro atoms. The third-order valence-electron chi connectivity index (χ3n) is 1.73. The molecule has 0 fully saturated rings. The van der Waals surface area contributed by atoms with Gasteiger partial charge in [-0.3, -0.25) is 0 Å². The molecule has 0 aliphatic carbocycles. The third kappa shape index (κ3) is 6.50. The number of alkyl halides is 2. The topological polar surface area (TPSA) is 12.5 Å². The Morgan fingerprint density at radius 1 is 1.54 bits per heavy atom. The third-order valence-corrected chi connectivity index (χ3v) is 1.73. The molecule has 0 aromatic carbocycles. The molecule has 13 heavy (non-hydrogen) atoms. The Morgan fingerprint density at radius 3 is 2.54 bits per heavy atom. The minimum atomic E-state index is -2.73. The minimum absolute atomic E-state index is 0.0848. The maximum absolute atomic E-state index is 11.6. The van der Waals surface area contributed by atoms with E-state index < -0.39 is 6.61 Å². The van der Waals surface area contributed by atoms with Crippen LogP contribution in [0, 0.1) is 18.3 Å². The van der Waals surface area contributed by atoms with Crippen LogP contribution in [-0.2, 0) is 4.74 Å². The fourth-order valence-electron chi connectivity index (χ4n) is 0.848. The lowest BCUT2D eigenvalue weighted by molar-refractivity contribution is -0.135. The molecule has 0 N–H and O–H groups in total. The predicted molar refractivity (Wildman–Crippen MR) is 47.5 cm³/mol. The highest BCUT2D eigenvalue weighted by atomic mass is 19.3. The van der Waals surface area contributed by atoms with Crippen molar-refractivity contribution in [3.05, 3.63) is 0 Å². The van der Waals surface area contributed by atoms with Crippen molar-refractivity contribution >= 4 is 0 Å². The molecule has 0 amide bonds. The summed E-state index contributed by atoms with van der Waals surface area (Å²) in [5.41, 5.74) is 0. The van der Waals surface area contributed by atoms with E-state index in [1.54, 1.807) is 0 Å². The lowest BCUT2D eigenvalue weighted by Gasteiger charge is -2.18. The predicted octanol–water partition coefficient (Wildman–Crippen LogP) is 1.43. The smallest absolute Gasteiger partial charge is 0.322 e. The van der Waals surface area contributed by atoms with Gasteiger partial charge in [0.25, 0.3) is 0 Å². The molecule has 1 unspecified atom stereocenters. The van der Waals surface area contributed by atoms with Gasteiger partial charge in [-0.05, 0) is 13.6 Å². The average Bonchev–Trinajstić information content (AvgIpc) is 2.11. The van der Waals surface area contributed by atoms with E-state index >= 15 is 0 Å². The van der Waals surface area contributed by atoms with Crippen LogP contribution in [0.3, 0.4) is 0 Å². The summed E-state index contributed by atoms with van der Waals surface area (Å²) in [7, 11) is 1.88. The normalized spacial score (nSPS) is 13.3. The van der Waals surface area contributed by atoms with Crippen LogP contribution in [0.1, 0.15) is 6.92 Å². The molecular weight excluding hydrogens is 176 g/mol. The first-order valence-electron chi connectivity index (χ1n) is 4.14. The molecule has 0 saturated heterocycles. The number of ether oxygens (including phenoxy) is 1. The molecular formula is C9H15F2NO. The first kappa shape index (κ1) is 12.3. The van der Waals surface area contributed by atoms with Gasteiger partial charge < -0.3 is 9.64 Å². The van der Waals surface area contributed by atoms with Crippen LogP contribution in [0.4, 0.5) is 8.78 Å². The molecule has 76 valence electrons. The number of rotatable bonds is 6.